The Morgan fingerprint density at radius 3 is 2.90 bits per heavy atom. The molecule has 7 heteroatoms. The lowest BCUT2D eigenvalue weighted by molar-refractivity contribution is -0.122. The van der Waals surface area contributed by atoms with Crippen LogP contribution in [0.25, 0.3) is 0 Å². The molecule has 21 heavy (non-hydrogen) atoms. The van der Waals surface area contributed by atoms with Gasteiger partial charge in [-0.2, -0.15) is 5.26 Å². The fraction of sp³-hybridized carbons (Fsp3) is 0.357. The normalized spacial score (nSPS) is 29.3. The van der Waals surface area contributed by atoms with Crippen molar-refractivity contribution in [1.82, 2.24) is 4.98 Å². The molecule has 0 radical (unpaired) electrons. The van der Waals surface area contributed by atoms with Crippen LogP contribution in [0.15, 0.2) is 18.3 Å². The van der Waals surface area contributed by atoms with Gasteiger partial charge in [-0.25, -0.2) is 4.98 Å². The van der Waals surface area contributed by atoms with Crippen LogP contribution in [-0.4, -0.2) is 16.4 Å². The summed E-state index contributed by atoms with van der Waals surface area (Å²) in [5.74, 6) is -0.206. The van der Waals surface area contributed by atoms with Crippen LogP contribution in [0.3, 0.4) is 0 Å². The number of nitriles is 1. The number of nitrogens with one attached hydrogen (secondary N) is 1. The highest BCUT2D eigenvalue weighted by atomic mass is 16.1. The smallest absolute Gasteiger partial charge is 0.223 e. The highest BCUT2D eigenvalue weighted by Crippen LogP contribution is 2.49. The van der Waals surface area contributed by atoms with Crippen LogP contribution >= 0.6 is 0 Å². The number of nitrogen functional groups attached to an aromatic ring is 2. The van der Waals surface area contributed by atoms with Gasteiger partial charge in [-0.3, -0.25) is 4.79 Å². The van der Waals surface area contributed by atoms with Crippen molar-refractivity contribution in [3.8, 4) is 6.07 Å². The number of hydrogen-bond donors (Lipinski definition) is 4. The highest BCUT2D eigenvalue weighted by Gasteiger charge is 2.51. The fourth-order valence-corrected chi connectivity index (χ4v) is 3.35. The minimum atomic E-state index is -0.593. The van der Waals surface area contributed by atoms with Crippen molar-refractivity contribution < 1.29 is 4.79 Å². The number of anilines is 3. The number of amides is 1. The van der Waals surface area contributed by atoms with Crippen LogP contribution in [0.2, 0.25) is 0 Å². The number of carbonyl (C=O) groups is 1. The second-order valence-electron chi connectivity index (χ2n) is 5.64. The van der Waals surface area contributed by atoms with Crippen molar-refractivity contribution in [2.45, 2.75) is 18.4 Å². The Labute approximate surface area is 121 Å². The summed E-state index contributed by atoms with van der Waals surface area (Å²) in [5.41, 5.74) is 17.5. The second kappa shape index (κ2) is 4.38. The van der Waals surface area contributed by atoms with Crippen LogP contribution in [-0.2, 0) is 4.79 Å². The van der Waals surface area contributed by atoms with Gasteiger partial charge < -0.3 is 22.5 Å². The highest BCUT2D eigenvalue weighted by molar-refractivity contribution is 5.85. The van der Waals surface area contributed by atoms with E-state index in [9.17, 15) is 10.1 Å². The first-order valence-electron chi connectivity index (χ1n) is 6.68. The molecule has 7 N–H and O–H groups in total. The van der Waals surface area contributed by atoms with Crippen LogP contribution in [0.1, 0.15) is 18.4 Å². The van der Waals surface area contributed by atoms with Crippen LogP contribution in [0.4, 0.5) is 17.2 Å². The first-order chi connectivity index (χ1) is 9.97. The molecule has 0 aromatic carbocycles. The maximum absolute atomic E-state index is 11.7. The number of primary amides is 1. The molecule has 1 aromatic rings. The minimum absolute atomic E-state index is 0.153. The molecule has 1 saturated carbocycles. The average Bonchev–Trinajstić information content (AvgIpc) is 3.02. The molecule has 3 rings (SSSR count). The topological polar surface area (TPSA) is 144 Å². The summed E-state index contributed by atoms with van der Waals surface area (Å²) in [6.45, 7) is 0. The van der Waals surface area contributed by atoms with Crippen molar-refractivity contribution >= 4 is 23.1 Å². The summed E-state index contributed by atoms with van der Waals surface area (Å²) < 4.78 is 0. The number of hydrogen-bond acceptors (Lipinski definition) is 6. The molecule has 0 aliphatic heterocycles. The van der Waals surface area contributed by atoms with E-state index < -0.39 is 5.54 Å². The summed E-state index contributed by atoms with van der Waals surface area (Å²) in [4.78, 5) is 15.6. The fourth-order valence-electron chi connectivity index (χ4n) is 3.35. The number of fused-ring (bicyclic) bond motifs is 2. The van der Waals surface area contributed by atoms with Gasteiger partial charge in [0.15, 0.2) is 0 Å². The number of pyridine rings is 1. The predicted molar refractivity (Wildman–Crippen MR) is 78.7 cm³/mol. The zero-order valence-electron chi connectivity index (χ0n) is 11.3. The third-order valence-electron chi connectivity index (χ3n) is 4.40. The lowest BCUT2D eigenvalue weighted by Gasteiger charge is -2.33. The van der Waals surface area contributed by atoms with E-state index in [0.29, 0.717) is 23.6 Å². The molecule has 2 bridgehead atoms. The van der Waals surface area contributed by atoms with E-state index in [2.05, 4.69) is 16.4 Å². The molecule has 1 aromatic heterocycles. The lowest BCUT2D eigenvalue weighted by atomic mass is 9.85. The van der Waals surface area contributed by atoms with Gasteiger partial charge in [-0.05, 0) is 18.8 Å². The van der Waals surface area contributed by atoms with E-state index in [1.807, 2.05) is 12.1 Å². The molecule has 108 valence electrons. The monoisotopic (exact) mass is 284 g/mol. The maximum atomic E-state index is 11.7. The van der Waals surface area contributed by atoms with Crippen LogP contribution < -0.4 is 22.5 Å². The number of carbonyl (C=O) groups excluding carboxylic acids is 1. The SMILES string of the molecule is N#Cc1cnc(N)c(N)c1NC12C=CC(CC1C(N)=O)C2. The van der Waals surface area contributed by atoms with Crippen LogP contribution in [0.5, 0.6) is 0 Å². The molecule has 0 saturated heterocycles. The Balaban J connectivity index is 2.04. The van der Waals surface area contributed by atoms with Gasteiger partial charge in [0.05, 0.1) is 28.4 Å². The van der Waals surface area contributed by atoms with Gasteiger partial charge in [-0.1, -0.05) is 12.2 Å². The number of rotatable bonds is 3. The zero-order valence-corrected chi connectivity index (χ0v) is 11.3. The molecule has 3 unspecified atom stereocenters. The van der Waals surface area contributed by atoms with Gasteiger partial charge in [0.2, 0.25) is 5.91 Å². The molecule has 2 aliphatic rings. The minimum Gasteiger partial charge on any atom is -0.394 e. The second-order valence-corrected chi connectivity index (χ2v) is 5.64. The summed E-state index contributed by atoms with van der Waals surface area (Å²) in [5, 5.41) is 12.5. The van der Waals surface area contributed by atoms with E-state index in [1.165, 1.54) is 6.20 Å². The Bertz CT molecular complexity index is 691. The van der Waals surface area contributed by atoms with Gasteiger partial charge in [0.25, 0.3) is 0 Å². The average molecular weight is 284 g/mol. The van der Waals surface area contributed by atoms with Gasteiger partial charge in [-0.15, -0.1) is 0 Å². The van der Waals surface area contributed by atoms with Gasteiger partial charge in [0, 0.05) is 6.20 Å². The molecular formula is C14H16N6O. The predicted octanol–water partition coefficient (Wildman–Crippen LogP) is 0.350. The van der Waals surface area contributed by atoms with Crippen LogP contribution in [0, 0.1) is 23.2 Å². The molecule has 2 aliphatic carbocycles. The van der Waals surface area contributed by atoms with Crippen molar-refractivity contribution in [3.05, 3.63) is 23.9 Å². The Hall–Kier alpha value is -2.75. The van der Waals surface area contributed by atoms with E-state index in [-0.39, 0.29) is 23.3 Å². The third-order valence-corrected chi connectivity index (χ3v) is 4.40. The maximum Gasteiger partial charge on any atom is 0.223 e. The van der Waals surface area contributed by atoms with E-state index in [1.54, 1.807) is 0 Å². The quantitative estimate of drug-likeness (QED) is 0.589. The molecule has 1 heterocycles. The summed E-state index contributed by atoms with van der Waals surface area (Å²) in [6, 6.07) is 2.04. The first-order valence-corrected chi connectivity index (χ1v) is 6.68. The van der Waals surface area contributed by atoms with E-state index in [4.69, 9.17) is 17.2 Å². The lowest BCUT2D eigenvalue weighted by Crippen LogP contribution is -2.46. The Morgan fingerprint density at radius 2 is 2.29 bits per heavy atom. The number of nitrogens with two attached hydrogens (primary N) is 3. The number of aromatic nitrogens is 1. The molecular weight excluding hydrogens is 268 g/mol. The van der Waals surface area contributed by atoms with Crippen molar-refractivity contribution in [1.29, 1.82) is 5.26 Å². The largest absolute Gasteiger partial charge is 0.394 e. The zero-order chi connectivity index (χ0) is 15.2. The molecule has 7 nitrogen and oxygen atoms in total. The Morgan fingerprint density at radius 1 is 1.52 bits per heavy atom. The number of allylic oxidation sites excluding steroid dienone is 1. The van der Waals surface area contributed by atoms with E-state index in [0.717, 1.165) is 6.42 Å². The first kappa shape index (κ1) is 13.2. The number of nitrogens with zero attached hydrogens (tertiary/aromatic N) is 2. The summed E-state index contributed by atoms with van der Waals surface area (Å²) in [6.07, 6.45) is 6.86. The summed E-state index contributed by atoms with van der Waals surface area (Å²) >= 11 is 0. The molecule has 1 fully saturated rings. The molecule has 0 spiro atoms. The molecule has 1 amide bonds. The van der Waals surface area contributed by atoms with Crippen molar-refractivity contribution in [3.63, 3.8) is 0 Å². The Kier molecular flexibility index (Phi) is 2.76. The van der Waals surface area contributed by atoms with Gasteiger partial charge in [0.1, 0.15) is 11.9 Å². The third kappa shape index (κ3) is 1.88. The van der Waals surface area contributed by atoms with E-state index >= 15 is 0 Å². The van der Waals surface area contributed by atoms with Crippen molar-refractivity contribution in [2.24, 2.45) is 17.6 Å². The standard InChI is InChI=1S/C14H16N6O/c15-5-8-6-19-12(17)10(16)11(8)20-14-2-1-7(4-14)3-9(14)13(18)21/h1-2,6-7,9H,3-4,16H2,(H2,18,21)(H3,17,19,20). The van der Waals surface area contributed by atoms with Gasteiger partial charge >= 0.3 is 0 Å². The molecule has 3 atom stereocenters. The summed E-state index contributed by atoms with van der Waals surface area (Å²) in [7, 11) is 0. The van der Waals surface area contributed by atoms with Crippen molar-refractivity contribution in [2.75, 3.05) is 16.8 Å².